The Hall–Kier alpha value is -1.26. The quantitative estimate of drug-likeness (QED) is 0.754. The number of amides is 2. The predicted octanol–water partition coefficient (Wildman–Crippen LogP) is 2.60. The topological polar surface area (TPSA) is 69.6 Å². The fourth-order valence-corrected chi connectivity index (χ4v) is 2.61. The molecule has 1 aliphatic rings. The van der Waals surface area contributed by atoms with E-state index in [2.05, 4.69) is 5.32 Å². The van der Waals surface area contributed by atoms with Gasteiger partial charge in [-0.05, 0) is 19.3 Å². The van der Waals surface area contributed by atoms with E-state index in [-0.39, 0.29) is 12.1 Å². The summed E-state index contributed by atoms with van der Waals surface area (Å²) in [6, 6.07) is -0.781. The minimum Gasteiger partial charge on any atom is -0.480 e. The maximum Gasteiger partial charge on any atom is 0.326 e. The van der Waals surface area contributed by atoms with Crippen molar-refractivity contribution in [3.05, 3.63) is 0 Å². The molecule has 1 saturated carbocycles. The van der Waals surface area contributed by atoms with Crippen LogP contribution in [0.4, 0.5) is 4.79 Å². The number of aliphatic carboxylic acids is 1. The van der Waals surface area contributed by atoms with Crippen molar-refractivity contribution in [2.24, 2.45) is 0 Å². The summed E-state index contributed by atoms with van der Waals surface area (Å²) in [4.78, 5) is 24.8. The highest BCUT2D eigenvalue weighted by atomic mass is 16.4. The van der Waals surface area contributed by atoms with Crippen molar-refractivity contribution in [3.8, 4) is 0 Å². The molecule has 0 unspecified atom stereocenters. The Morgan fingerprint density at radius 1 is 1.26 bits per heavy atom. The molecule has 0 aromatic heterocycles. The SMILES string of the molecule is CCC[C@@H](NC(=O)N(C)C1CCCCCC1)C(=O)O. The highest BCUT2D eigenvalue weighted by molar-refractivity contribution is 5.82. The summed E-state index contributed by atoms with van der Waals surface area (Å²) in [7, 11) is 1.77. The average molecular weight is 270 g/mol. The van der Waals surface area contributed by atoms with E-state index in [0.29, 0.717) is 6.42 Å². The van der Waals surface area contributed by atoms with Gasteiger partial charge in [0.25, 0.3) is 0 Å². The Bertz CT molecular complexity index is 299. The van der Waals surface area contributed by atoms with Crippen molar-refractivity contribution in [1.29, 1.82) is 0 Å². The third-order valence-electron chi connectivity index (χ3n) is 3.87. The van der Waals surface area contributed by atoms with Gasteiger partial charge < -0.3 is 15.3 Å². The molecule has 0 aliphatic heterocycles. The van der Waals surface area contributed by atoms with Gasteiger partial charge in [-0.15, -0.1) is 0 Å². The summed E-state index contributed by atoms with van der Waals surface area (Å²) < 4.78 is 0. The van der Waals surface area contributed by atoms with Crippen LogP contribution in [0.2, 0.25) is 0 Å². The van der Waals surface area contributed by atoms with Crippen LogP contribution in [0.25, 0.3) is 0 Å². The van der Waals surface area contributed by atoms with Gasteiger partial charge in [-0.3, -0.25) is 0 Å². The Balaban J connectivity index is 2.52. The first kappa shape index (κ1) is 15.8. The molecule has 0 aromatic rings. The van der Waals surface area contributed by atoms with E-state index in [4.69, 9.17) is 5.11 Å². The van der Waals surface area contributed by atoms with Crippen LogP contribution >= 0.6 is 0 Å². The zero-order chi connectivity index (χ0) is 14.3. The summed E-state index contributed by atoms with van der Waals surface area (Å²) >= 11 is 0. The molecule has 0 spiro atoms. The Morgan fingerprint density at radius 3 is 2.32 bits per heavy atom. The summed E-state index contributed by atoms with van der Waals surface area (Å²) in [6.07, 6.45) is 8.03. The molecule has 1 rings (SSSR count). The van der Waals surface area contributed by atoms with Gasteiger partial charge in [0.05, 0.1) is 0 Å². The molecule has 0 heterocycles. The number of rotatable bonds is 5. The van der Waals surface area contributed by atoms with Crippen LogP contribution in [0.1, 0.15) is 58.3 Å². The number of carbonyl (C=O) groups excluding carboxylic acids is 1. The first-order valence-corrected chi connectivity index (χ1v) is 7.32. The number of hydrogen-bond donors (Lipinski definition) is 2. The lowest BCUT2D eigenvalue weighted by molar-refractivity contribution is -0.139. The average Bonchev–Trinajstić information content (AvgIpc) is 2.65. The Kier molecular flexibility index (Phi) is 6.67. The van der Waals surface area contributed by atoms with Gasteiger partial charge in [-0.25, -0.2) is 9.59 Å². The maximum atomic E-state index is 12.1. The molecule has 19 heavy (non-hydrogen) atoms. The smallest absolute Gasteiger partial charge is 0.326 e. The van der Waals surface area contributed by atoms with E-state index in [1.807, 2.05) is 6.92 Å². The number of hydrogen-bond acceptors (Lipinski definition) is 2. The number of carbonyl (C=O) groups is 2. The molecule has 0 saturated heterocycles. The van der Waals surface area contributed by atoms with E-state index < -0.39 is 12.0 Å². The number of carboxylic acids is 1. The van der Waals surface area contributed by atoms with Gasteiger partial charge in [0, 0.05) is 13.1 Å². The second-order valence-electron chi connectivity index (χ2n) is 5.39. The molecule has 2 amide bonds. The Labute approximate surface area is 115 Å². The standard InChI is InChI=1S/C14H26N2O3/c1-3-8-12(13(17)18)15-14(19)16(2)11-9-6-4-5-7-10-11/h11-12H,3-10H2,1-2H3,(H,15,19)(H,17,18)/t12-/m1/s1. The van der Waals surface area contributed by atoms with Crippen molar-refractivity contribution in [2.45, 2.75) is 70.4 Å². The Morgan fingerprint density at radius 2 is 1.84 bits per heavy atom. The number of nitrogens with one attached hydrogen (secondary N) is 1. The van der Waals surface area contributed by atoms with Crippen molar-refractivity contribution >= 4 is 12.0 Å². The van der Waals surface area contributed by atoms with E-state index >= 15 is 0 Å². The summed E-state index contributed by atoms with van der Waals surface area (Å²) in [5.74, 6) is -0.954. The van der Waals surface area contributed by atoms with Gasteiger partial charge >= 0.3 is 12.0 Å². The van der Waals surface area contributed by atoms with E-state index in [0.717, 1.165) is 32.1 Å². The lowest BCUT2D eigenvalue weighted by atomic mass is 10.1. The van der Waals surface area contributed by atoms with Gasteiger partial charge in [-0.1, -0.05) is 39.0 Å². The van der Waals surface area contributed by atoms with Crippen molar-refractivity contribution in [3.63, 3.8) is 0 Å². The number of urea groups is 1. The first-order chi connectivity index (χ1) is 9.06. The van der Waals surface area contributed by atoms with Crippen molar-refractivity contribution in [1.82, 2.24) is 10.2 Å². The monoisotopic (exact) mass is 270 g/mol. The highest BCUT2D eigenvalue weighted by Gasteiger charge is 2.25. The molecule has 0 bridgehead atoms. The van der Waals surface area contributed by atoms with Crippen LogP contribution in [0.5, 0.6) is 0 Å². The first-order valence-electron chi connectivity index (χ1n) is 7.32. The second kappa shape index (κ2) is 8.02. The highest BCUT2D eigenvalue weighted by Crippen LogP contribution is 2.21. The minimum atomic E-state index is -0.954. The zero-order valence-electron chi connectivity index (χ0n) is 12.0. The van der Waals surface area contributed by atoms with E-state index in [1.54, 1.807) is 11.9 Å². The maximum absolute atomic E-state index is 12.1. The zero-order valence-corrected chi connectivity index (χ0v) is 12.0. The second-order valence-corrected chi connectivity index (χ2v) is 5.39. The summed E-state index contributed by atoms with van der Waals surface area (Å²) in [5, 5.41) is 11.7. The molecule has 2 N–H and O–H groups in total. The van der Waals surface area contributed by atoms with E-state index in [1.165, 1.54) is 12.8 Å². The number of carboxylic acid groups (broad SMARTS) is 1. The number of nitrogens with zero attached hydrogens (tertiary/aromatic N) is 1. The lowest BCUT2D eigenvalue weighted by Crippen LogP contribution is -2.49. The molecule has 110 valence electrons. The molecular formula is C14H26N2O3. The summed E-state index contributed by atoms with van der Waals surface area (Å²) in [6.45, 7) is 1.91. The molecular weight excluding hydrogens is 244 g/mol. The van der Waals surface area contributed by atoms with Gasteiger partial charge in [0.1, 0.15) is 6.04 Å². The molecule has 0 aromatic carbocycles. The van der Waals surface area contributed by atoms with Crippen LogP contribution in [-0.2, 0) is 4.79 Å². The molecule has 1 aliphatic carbocycles. The molecule has 0 radical (unpaired) electrons. The fourth-order valence-electron chi connectivity index (χ4n) is 2.61. The van der Waals surface area contributed by atoms with Crippen molar-refractivity contribution in [2.75, 3.05) is 7.05 Å². The summed E-state index contributed by atoms with van der Waals surface area (Å²) in [5.41, 5.74) is 0. The van der Waals surface area contributed by atoms with Crippen LogP contribution in [0.15, 0.2) is 0 Å². The lowest BCUT2D eigenvalue weighted by Gasteiger charge is -2.28. The van der Waals surface area contributed by atoms with Gasteiger partial charge in [0.2, 0.25) is 0 Å². The van der Waals surface area contributed by atoms with Crippen LogP contribution < -0.4 is 5.32 Å². The molecule has 1 atom stereocenters. The minimum absolute atomic E-state index is 0.249. The largest absolute Gasteiger partial charge is 0.480 e. The van der Waals surface area contributed by atoms with Crippen LogP contribution in [0, 0.1) is 0 Å². The third kappa shape index (κ3) is 5.09. The van der Waals surface area contributed by atoms with Crippen LogP contribution in [0.3, 0.4) is 0 Å². The predicted molar refractivity (Wildman–Crippen MR) is 74.1 cm³/mol. The normalized spacial score (nSPS) is 18.4. The third-order valence-corrected chi connectivity index (χ3v) is 3.87. The van der Waals surface area contributed by atoms with Gasteiger partial charge in [0.15, 0.2) is 0 Å². The molecule has 1 fully saturated rings. The van der Waals surface area contributed by atoms with E-state index in [9.17, 15) is 9.59 Å². The van der Waals surface area contributed by atoms with Crippen LogP contribution in [-0.4, -0.2) is 41.1 Å². The fraction of sp³-hybridized carbons (Fsp3) is 0.857. The van der Waals surface area contributed by atoms with Gasteiger partial charge in [-0.2, -0.15) is 0 Å². The van der Waals surface area contributed by atoms with Crippen molar-refractivity contribution < 1.29 is 14.7 Å². The molecule has 5 heteroatoms. The molecule has 5 nitrogen and oxygen atoms in total.